The Kier molecular flexibility index (Phi) is 6.77. The summed E-state index contributed by atoms with van der Waals surface area (Å²) in [5.74, 6) is 5.42. The minimum atomic E-state index is -0.875. The molecular formula is C11H18N2O. The van der Waals surface area contributed by atoms with Crippen molar-refractivity contribution < 1.29 is 5.11 Å². The Labute approximate surface area is 85.5 Å². The second kappa shape index (κ2) is 7.34. The van der Waals surface area contributed by atoms with Crippen molar-refractivity contribution in [2.75, 3.05) is 6.54 Å². The SMILES string of the molecule is C=C/C(C#CC(O)C(N)CN)=C\CC. The fourth-order valence-corrected chi connectivity index (χ4v) is 0.799. The van der Waals surface area contributed by atoms with Crippen LogP contribution in [0.15, 0.2) is 24.3 Å². The molecule has 0 spiro atoms. The van der Waals surface area contributed by atoms with Crippen LogP contribution >= 0.6 is 0 Å². The predicted octanol–water partition coefficient (Wildman–Crippen LogP) is 0.159. The largest absolute Gasteiger partial charge is 0.379 e. The number of aliphatic hydroxyl groups is 1. The lowest BCUT2D eigenvalue weighted by Gasteiger charge is -2.09. The van der Waals surface area contributed by atoms with Crippen molar-refractivity contribution in [1.82, 2.24) is 0 Å². The van der Waals surface area contributed by atoms with Gasteiger partial charge < -0.3 is 16.6 Å². The van der Waals surface area contributed by atoms with Crippen LogP contribution in [0.2, 0.25) is 0 Å². The van der Waals surface area contributed by atoms with Crippen molar-refractivity contribution in [1.29, 1.82) is 0 Å². The molecule has 2 unspecified atom stereocenters. The molecule has 14 heavy (non-hydrogen) atoms. The monoisotopic (exact) mass is 194 g/mol. The highest BCUT2D eigenvalue weighted by Gasteiger charge is 2.08. The Bertz CT molecular complexity index is 260. The molecule has 0 fully saturated rings. The zero-order valence-corrected chi connectivity index (χ0v) is 8.53. The molecule has 0 amide bonds. The molecule has 0 aromatic heterocycles. The first-order chi connectivity index (χ1) is 6.65. The molecule has 0 heterocycles. The molecule has 0 aliphatic heterocycles. The van der Waals surface area contributed by atoms with Gasteiger partial charge in [0.2, 0.25) is 0 Å². The molecule has 0 bridgehead atoms. The van der Waals surface area contributed by atoms with Crippen molar-refractivity contribution >= 4 is 0 Å². The summed E-state index contributed by atoms with van der Waals surface area (Å²) in [4.78, 5) is 0. The van der Waals surface area contributed by atoms with Gasteiger partial charge in [0.25, 0.3) is 0 Å². The number of allylic oxidation sites excluding steroid dienone is 3. The molecular weight excluding hydrogens is 176 g/mol. The highest BCUT2D eigenvalue weighted by molar-refractivity contribution is 5.37. The summed E-state index contributed by atoms with van der Waals surface area (Å²) < 4.78 is 0. The number of rotatable bonds is 4. The van der Waals surface area contributed by atoms with E-state index in [-0.39, 0.29) is 6.54 Å². The van der Waals surface area contributed by atoms with E-state index in [1.165, 1.54) is 0 Å². The van der Waals surface area contributed by atoms with Crippen molar-refractivity contribution in [3.63, 3.8) is 0 Å². The van der Waals surface area contributed by atoms with Gasteiger partial charge in [0.15, 0.2) is 0 Å². The summed E-state index contributed by atoms with van der Waals surface area (Å²) in [6, 6.07) is -0.491. The minimum Gasteiger partial charge on any atom is -0.379 e. The molecule has 3 heteroatoms. The highest BCUT2D eigenvalue weighted by Crippen LogP contribution is 1.96. The maximum absolute atomic E-state index is 9.39. The Balaban J connectivity index is 4.40. The normalized spacial score (nSPS) is 15.3. The molecule has 0 aliphatic rings. The average molecular weight is 194 g/mol. The van der Waals surface area contributed by atoms with E-state index in [0.29, 0.717) is 0 Å². The van der Waals surface area contributed by atoms with Gasteiger partial charge >= 0.3 is 0 Å². The summed E-state index contributed by atoms with van der Waals surface area (Å²) in [6.45, 7) is 5.84. The molecule has 0 aromatic carbocycles. The van der Waals surface area contributed by atoms with Crippen molar-refractivity contribution in [3.05, 3.63) is 24.3 Å². The Morgan fingerprint density at radius 2 is 2.29 bits per heavy atom. The van der Waals surface area contributed by atoms with Crippen molar-refractivity contribution in [3.8, 4) is 11.8 Å². The molecule has 0 saturated carbocycles. The zero-order valence-electron chi connectivity index (χ0n) is 8.53. The van der Waals surface area contributed by atoms with Gasteiger partial charge in [-0.1, -0.05) is 37.5 Å². The van der Waals surface area contributed by atoms with Gasteiger partial charge in [0, 0.05) is 12.1 Å². The van der Waals surface area contributed by atoms with Gasteiger partial charge in [0.05, 0.1) is 6.04 Å². The van der Waals surface area contributed by atoms with Crippen LogP contribution in [-0.2, 0) is 0 Å². The molecule has 0 aliphatic carbocycles. The summed E-state index contributed by atoms with van der Waals surface area (Å²) in [6.07, 6.45) is 3.59. The maximum atomic E-state index is 9.39. The second-order valence-electron chi connectivity index (χ2n) is 2.89. The Morgan fingerprint density at radius 1 is 1.64 bits per heavy atom. The van der Waals surface area contributed by atoms with Gasteiger partial charge in [-0.25, -0.2) is 0 Å². The first-order valence-corrected chi connectivity index (χ1v) is 4.63. The van der Waals surface area contributed by atoms with Gasteiger partial charge in [-0.3, -0.25) is 0 Å². The highest BCUT2D eigenvalue weighted by atomic mass is 16.3. The Hall–Kier alpha value is -1.08. The van der Waals surface area contributed by atoms with E-state index in [4.69, 9.17) is 11.5 Å². The van der Waals surface area contributed by atoms with Gasteiger partial charge in [-0.15, -0.1) is 0 Å². The molecule has 0 radical (unpaired) electrons. The first kappa shape index (κ1) is 12.9. The topological polar surface area (TPSA) is 72.3 Å². The van der Waals surface area contributed by atoms with E-state index in [0.717, 1.165) is 12.0 Å². The maximum Gasteiger partial charge on any atom is 0.131 e. The number of nitrogens with two attached hydrogens (primary N) is 2. The lowest BCUT2D eigenvalue weighted by atomic mass is 10.1. The second-order valence-corrected chi connectivity index (χ2v) is 2.89. The number of hydrogen-bond acceptors (Lipinski definition) is 3. The van der Waals surface area contributed by atoms with E-state index in [9.17, 15) is 5.11 Å². The molecule has 0 saturated heterocycles. The minimum absolute atomic E-state index is 0.219. The van der Waals surface area contributed by atoms with Gasteiger partial charge in [-0.05, 0) is 6.42 Å². The van der Waals surface area contributed by atoms with Gasteiger partial charge in [0.1, 0.15) is 6.10 Å². The standard InChI is InChI=1S/C11H18N2O/c1-3-5-9(4-2)6-7-11(14)10(13)8-12/h4-5,10-11,14H,2-3,8,12-13H2,1H3/b9-5+. The summed E-state index contributed by atoms with van der Waals surface area (Å²) in [5.41, 5.74) is 11.6. The van der Waals surface area contributed by atoms with Crippen LogP contribution in [0, 0.1) is 11.8 Å². The quantitative estimate of drug-likeness (QED) is 0.441. The van der Waals surface area contributed by atoms with E-state index in [1.54, 1.807) is 6.08 Å². The van der Waals surface area contributed by atoms with E-state index in [2.05, 4.69) is 18.4 Å². The third-order valence-electron chi connectivity index (χ3n) is 1.69. The van der Waals surface area contributed by atoms with Crippen LogP contribution in [0.25, 0.3) is 0 Å². The fourth-order valence-electron chi connectivity index (χ4n) is 0.799. The van der Waals surface area contributed by atoms with E-state index >= 15 is 0 Å². The van der Waals surface area contributed by atoms with Crippen LogP contribution < -0.4 is 11.5 Å². The number of aliphatic hydroxyl groups excluding tert-OH is 1. The lowest BCUT2D eigenvalue weighted by molar-refractivity contribution is 0.203. The van der Waals surface area contributed by atoms with Crippen LogP contribution in [0.1, 0.15) is 13.3 Å². The fraction of sp³-hybridized carbons (Fsp3) is 0.455. The third kappa shape index (κ3) is 4.83. The predicted molar refractivity (Wildman–Crippen MR) is 59.4 cm³/mol. The van der Waals surface area contributed by atoms with Crippen molar-refractivity contribution in [2.24, 2.45) is 11.5 Å². The van der Waals surface area contributed by atoms with Crippen LogP contribution in [0.5, 0.6) is 0 Å². The third-order valence-corrected chi connectivity index (χ3v) is 1.69. The lowest BCUT2D eigenvalue weighted by Crippen LogP contribution is -2.40. The van der Waals surface area contributed by atoms with Crippen molar-refractivity contribution in [2.45, 2.75) is 25.5 Å². The summed E-state index contributed by atoms with van der Waals surface area (Å²) >= 11 is 0. The van der Waals surface area contributed by atoms with Crippen LogP contribution in [-0.4, -0.2) is 23.8 Å². The zero-order chi connectivity index (χ0) is 11.0. The first-order valence-electron chi connectivity index (χ1n) is 4.63. The average Bonchev–Trinajstić information content (AvgIpc) is 2.22. The van der Waals surface area contributed by atoms with E-state index < -0.39 is 12.1 Å². The summed E-state index contributed by atoms with van der Waals surface area (Å²) in [7, 11) is 0. The molecule has 3 nitrogen and oxygen atoms in total. The number of hydrogen-bond donors (Lipinski definition) is 3. The molecule has 0 aromatic rings. The van der Waals surface area contributed by atoms with Crippen LogP contribution in [0.3, 0.4) is 0 Å². The smallest absolute Gasteiger partial charge is 0.131 e. The molecule has 5 N–H and O–H groups in total. The Morgan fingerprint density at radius 3 is 2.71 bits per heavy atom. The molecule has 0 rings (SSSR count). The summed E-state index contributed by atoms with van der Waals surface area (Å²) in [5, 5.41) is 9.39. The molecule has 2 atom stereocenters. The van der Waals surface area contributed by atoms with E-state index in [1.807, 2.05) is 13.0 Å². The van der Waals surface area contributed by atoms with Crippen LogP contribution in [0.4, 0.5) is 0 Å². The molecule has 78 valence electrons. The van der Waals surface area contributed by atoms with Gasteiger partial charge in [-0.2, -0.15) is 0 Å².